The number of anilines is 2. The molecule has 0 spiro atoms. The van der Waals surface area contributed by atoms with Crippen LogP contribution in [-0.4, -0.2) is 11.8 Å². The molecular weight excluding hydrogens is 426 g/mol. The molecule has 0 fully saturated rings. The fourth-order valence-electron chi connectivity index (χ4n) is 2.79. The van der Waals surface area contributed by atoms with Gasteiger partial charge in [0.15, 0.2) is 0 Å². The van der Waals surface area contributed by atoms with Gasteiger partial charge >= 0.3 is 0 Å². The highest BCUT2D eigenvalue weighted by molar-refractivity contribution is 6.31. The number of hydrogen-bond acceptors (Lipinski definition) is 4. The molecule has 0 unspecified atom stereocenters. The van der Waals surface area contributed by atoms with Gasteiger partial charge in [0.1, 0.15) is 24.0 Å². The van der Waals surface area contributed by atoms with E-state index in [2.05, 4.69) is 10.6 Å². The Balaban J connectivity index is 1.62. The van der Waals surface area contributed by atoms with E-state index >= 15 is 0 Å². The van der Waals surface area contributed by atoms with Crippen LogP contribution in [0.25, 0.3) is 6.08 Å². The Morgan fingerprint density at radius 2 is 1.59 bits per heavy atom. The molecule has 0 atom stereocenters. The predicted octanol–water partition coefficient (Wildman–Crippen LogP) is 5.42. The summed E-state index contributed by atoms with van der Waals surface area (Å²) in [4.78, 5) is 23.5. The van der Waals surface area contributed by atoms with E-state index in [-0.39, 0.29) is 11.5 Å². The van der Waals surface area contributed by atoms with E-state index in [1.807, 2.05) is 24.3 Å². The van der Waals surface area contributed by atoms with Crippen molar-refractivity contribution in [2.45, 2.75) is 13.5 Å². The molecule has 32 heavy (non-hydrogen) atoms. The first-order valence-electron chi connectivity index (χ1n) is 9.71. The van der Waals surface area contributed by atoms with Crippen LogP contribution in [-0.2, 0) is 16.2 Å². The highest BCUT2D eigenvalue weighted by Gasteiger charge is 2.10. The first-order chi connectivity index (χ1) is 15.4. The van der Waals surface area contributed by atoms with Gasteiger partial charge in [-0.3, -0.25) is 9.59 Å². The van der Waals surface area contributed by atoms with E-state index in [0.29, 0.717) is 34.3 Å². The third-order valence-corrected chi connectivity index (χ3v) is 4.74. The molecule has 0 saturated carbocycles. The largest absolute Gasteiger partial charge is 0.489 e. The number of benzene rings is 3. The molecule has 0 radical (unpaired) electrons. The smallest absolute Gasteiger partial charge is 0.266 e. The van der Waals surface area contributed by atoms with Crippen LogP contribution < -0.4 is 15.4 Å². The number of nitriles is 1. The Kier molecular flexibility index (Phi) is 7.63. The van der Waals surface area contributed by atoms with Crippen molar-refractivity contribution in [3.63, 3.8) is 0 Å². The third kappa shape index (κ3) is 6.46. The maximum Gasteiger partial charge on any atom is 0.266 e. The van der Waals surface area contributed by atoms with E-state index < -0.39 is 5.91 Å². The van der Waals surface area contributed by atoms with E-state index in [1.54, 1.807) is 54.6 Å². The molecule has 0 aliphatic heterocycles. The van der Waals surface area contributed by atoms with Crippen LogP contribution in [0.4, 0.5) is 11.4 Å². The van der Waals surface area contributed by atoms with Crippen molar-refractivity contribution in [1.29, 1.82) is 5.26 Å². The summed E-state index contributed by atoms with van der Waals surface area (Å²) in [7, 11) is 0. The van der Waals surface area contributed by atoms with Crippen molar-refractivity contribution < 1.29 is 14.3 Å². The second-order valence-electron chi connectivity index (χ2n) is 6.83. The summed E-state index contributed by atoms with van der Waals surface area (Å²) < 4.78 is 5.74. The molecule has 0 saturated heterocycles. The molecule has 2 N–H and O–H groups in total. The van der Waals surface area contributed by atoms with Crippen LogP contribution >= 0.6 is 11.6 Å². The molecule has 3 aromatic rings. The Hall–Kier alpha value is -4.08. The zero-order chi connectivity index (χ0) is 22.9. The van der Waals surface area contributed by atoms with Gasteiger partial charge in [-0.15, -0.1) is 0 Å². The highest BCUT2D eigenvalue weighted by Crippen LogP contribution is 2.20. The van der Waals surface area contributed by atoms with Gasteiger partial charge in [0.2, 0.25) is 5.91 Å². The van der Waals surface area contributed by atoms with Crippen molar-refractivity contribution in [3.05, 3.63) is 94.5 Å². The number of ether oxygens (including phenoxy) is 1. The lowest BCUT2D eigenvalue weighted by Gasteiger charge is -2.08. The molecule has 0 heterocycles. The minimum Gasteiger partial charge on any atom is -0.489 e. The second-order valence-corrected chi connectivity index (χ2v) is 7.24. The molecule has 3 rings (SSSR count). The number of carbonyl (C=O) groups excluding carboxylic acids is 2. The lowest BCUT2D eigenvalue weighted by Crippen LogP contribution is -2.13. The van der Waals surface area contributed by atoms with Gasteiger partial charge in [-0.25, -0.2) is 0 Å². The van der Waals surface area contributed by atoms with Crippen LogP contribution in [0.3, 0.4) is 0 Å². The molecule has 0 bridgehead atoms. The quantitative estimate of drug-likeness (QED) is 0.375. The van der Waals surface area contributed by atoms with E-state index in [9.17, 15) is 14.9 Å². The Bertz CT molecular complexity index is 1180. The summed E-state index contributed by atoms with van der Waals surface area (Å²) in [6.07, 6.45) is 1.50. The van der Waals surface area contributed by atoms with Crippen LogP contribution in [0, 0.1) is 11.3 Å². The van der Waals surface area contributed by atoms with Crippen molar-refractivity contribution in [1.82, 2.24) is 0 Å². The molecule has 160 valence electrons. The van der Waals surface area contributed by atoms with E-state index in [0.717, 1.165) is 5.56 Å². The minimum atomic E-state index is -0.529. The zero-order valence-electron chi connectivity index (χ0n) is 17.3. The molecule has 0 aromatic heterocycles. The average Bonchev–Trinajstić information content (AvgIpc) is 2.78. The van der Waals surface area contributed by atoms with Crippen LogP contribution in [0.5, 0.6) is 5.75 Å². The van der Waals surface area contributed by atoms with Crippen molar-refractivity contribution in [2.75, 3.05) is 10.6 Å². The van der Waals surface area contributed by atoms with E-state index in [4.69, 9.17) is 16.3 Å². The lowest BCUT2D eigenvalue weighted by molar-refractivity contribution is -0.114. The molecule has 0 aliphatic rings. The monoisotopic (exact) mass is 445 g/mol. The van der Waals surface area contributed by atoms with Gasteiger partial charge in [0.05, 0.1) is 0 Å². The van der Waals surface area contributed by atoms with Crippen LogP contribution in [0.15, 0.2) is 78.4 Å². The van der Waals surface area contributed by atoms with Gasteiger partial charge in [-0.1, -0.05) is 41.9 Å². The van der Waals surface area contributed by atoms with Gasteiger partial charge in [0, 0.05) is 28.9 Å². The lowest BCUT2D eigenvalue weighted by atomic mass is 10.1. The highest BCUT2D eigenvalue weighted by atomic mass is 35.5. The van der Waals surface area contributed by atoms with Gasteiger partial charge in [-0.2, -0.15) is 5.26 Å². The van der Waals surface area contributed by atoms with Gasteiger partial charge < -0.3 is 15.4 Å². The van der Waals surface area contributed by atoms with Crippen molar-refractivity contribution >= 4 is 40.9 Å². The van der Waals surface area contributed by atoms with E-state index in [1.165, 1.54) is 13.0 Å². The number of amides is 2. The van der Waals surface area contributed by atoms with Crippen molar-refractivity contribution in [3.8, 4) is 11.8 Å². The molecule has 2 amide bonds. The van der Waals surface area contributed by atoms with Crippen LogP contribution in [0.1, 0.15) is 18.1 Å². The molecule has 7 heteroatoms. The first-order valence-corrected chi connectivity index (χ1v) is 10.1. The zero-order valence-corrected chi connectivity index (χ0v) is 18.0. The summed E-state index contributed by atoms with van der Waals surface area (Å²) in [5.74, 6) is -0.0696. The fraction of sp³-hybridized carbons (Fsp3) is 0.0800. The second kappa shape index (κ2) is 10.8. The first kappa shape index (κ1) is 22.6. The number of rotatable bonds is 7. The number of carbonyl (C=O) groups is 2. The van der Waals surface area contributed by atoms with Gasteiger partial charge in [0.25, 0.3) is 5.91 Å². The van der Waals surface area contributed by atoms with Crippen LogP contribution in [0.2, 0.25) is 5.02 Å². The number of hydrogen-bond donors (Lipinski definition) is 2. The van der Waals surface area contributed by atoms with Gasteiger partial charge in [-0.05, 0) is 54.1 Å². The molecule has 0 aliphatic carbocycles. The topological polar surface area (TPSA) is 91.2 Å². The summed E-state index contributed by atoms with van der Waals surface area (Å²) in [6.45, 7) is 1.75. The Morgan fingerprint density at radius 1 is 0.969 bits per heavy atom. The summed E-state index contributed by atoms with van der Waals surface area (Å²) in [6, 6.07) is 23.0. The predicted molar refractivity (Wildman–Crippen MR) is 125 cm³/mol. The fourth-order valence-corrected chi connectivity index (χ4v) is 2.98. The SMILES string of the molecule is CC(=O)Nc1ccc(NC(=O)/C(C#N)=C\c2ccc(OCc3ccccc3Cl)cc2)cc1. The normalized spacial score (nSPS) is 10.7. The Morgan fingerprint density at radius 3 is 2.19 bits per heavy atom. The minimum absolute atomic E-state index is 0.0410. The average molecular weight is 446 g/mol. The Labute approximate surface area is 191 Å². The summed E-state index contributed by atoms with van der Waals surface area (Å²) in [5.41, 5.74) is 2.65. The maximum atomic E-state index is 12.5. The maximum absolute atomic E-state index is 12.5. The molecular formula is C25H20ClN3O3. The summed E-state index contributed by atoms with van der Waals surface area (Å²) >= 11 is 6.13. The number of nitrogens with one attached hydrogen (secondary N) is 2. The number of halogens is 1. The third-order valence-electron chi connectivity index (χ3n) is 4.37. The molecule has 3 aromatic carbocycles. The number of nitrogens with zero attached hydrogens (tertiary/aromatic N) is 1. The summed E-state index contributed by atoms with van der Waals surface area (Å²) in [5, 5.41) is 15.4. The molecule has 6 nitrogen and oxygen atoms in total. The van der Waals surface area contributed by atoms with Crippen molar-refractivity contribution in [2.24, 2.45) is 0 Å². The standard InChI is InChI=1S/C25H20ClN3O3/c1-17(30)28-21-8-10-22(11-9-21)29-25(31)20(15-27)14-18-6-12-23(13-7-18)32-16-19-4-2-3-5-24(19)26/h2-14H,16H2,1H3,(H,28,30)(H,29,31)/b20-14-.